The molecule has 0 aliphatic carbocycles. The average molecular weight is 621 g/mol. The minimum absolute atomic E-state index is 0.144. The number of carbonyl (C=O) groups excluding carboxylic acids is 2. The summed E-state index contributed by atoms with van der Waals surface area (Å²) in [5.41, 5.74) is 3.92. The van der Waals surface area contributed by atoms with Crippen molar-refractivity contribution in [3.8, 4) is 0 Å². The average Bonchev–Trinajstić information content (AvgIpc) is 3.04. The first kappa shape index (κ1) is 38.2. The van der Waals surface area contributed by atoms with E-state index in [1.165, 1.54) is 127 Å². The van der Waals surface area contributed by atoms with Gasteiger partial charge in [-0.15, -0.1) is 0 Å². The first-order chi connectivity index (χ1) is 22.1. The summed E-state index contributed by atoms with van der Waals surface area (Å²) in [6, 6.07) is 15.7. The molecule has 0 saturated heterocycles. The largest absolute Gasteiger partial charge is 0.338 e. The van der Waals surface area contributed by atoms with Gasteiger partial charge in [0.15, 0.2) is 0 Å². The Kier molecular flexibility index (Phi) is 22.2. The number of nitrogens with one attached hydrogen (secondary N) is 4. The summed E-state index contributed by atoms with van der Waals surface area (Å²) < 4.78 is 0. The van der Waals surface area contributed by atoms with Crippen molar-refractivity contribution in [3.05, 3.63) is 59.7 Å². The van der Waals surface area contributed by atoms with Crippen LogP contribution in [0.1, 0.15) is 153 Å². The maximum atomic E-state index is 12.3. The van der Waals surface area contributed by atoms with E-state index in [4.69, 9.17) is 0 Å². The molecule has 0 unspecified atom stereocenters. The van der Waals surface area contributed by atoms with Gasteiger partial charge in [0.1, 0.15) is 0 Å². The number of rotatable bonds is 26. The number of unbranched alkanes of at least 4 members (excludes halogenated alkanes) is 18. The highest BCUT2D eigenvalue weighted by atomic mass is 16.2. The van der Waals surface area contributed by atoms with E-state index in [9.17, 15) is 9.59 Å². The molecule has 0 atom stereocenters. The van der Waals surface area contributed by atoms with Gasteiger partial charge < -0.3 is 21.3 Å². The molecular formula is C39H64N4O2. The fourth-order valence-corrected chi connectivity index (χ4v) is 5.63. The quantitative estimate of drug-likeness (QED) is 0.0789. The number of benzene rings is 2. The molecule has 0 fully saturated rings. The highest BCUT2D eigenvalue weighted by molar-refractivity contribution is 5.89. The zero-order valence-corrected chi connectivity index (χ0v) is 28.7. The minimum atomic E-state index is -0.144. The van der Waals surface area contributed by atoms with Crippen LogP contribution in [0.5, 0.6) is 0 Å². The molecule has 45 heavy (non-hydrogen) atoms. The summed E-state index contributed by atoms with van der Waals surface area (Å²) in [6.07, 6.45) is 26.6. The zero-order chi connectivity index (χ0) is 32.2. The second kappa shape index (κ2) is 26.2. The van der Waals surface area contributed by atoms with Crippen molar-refractivity contribution in [2.45, 2.75) is 149 Å². The molecule has 0 bridgehead atoms. The van der Waals surface area contributed by atoms with Gasteiger partial charge in [0, 0.05) is 24.5 Å². The summed E-state index contributed by atoms with van der Waals surface area (Å²) in [5, 5.41) is 11.8. The molecule has 6 heteroatoms. The number of urea groups is 2. The van der Waals surface area contributed by atoms with E-state index in [2.05, 4.69) is 35.1 Å². The van der Waals surface area contributed by atoms with Crippen LogP contribution in [-0.2, 0) is 6.42 Å². The minimum Gasteiger partial charge on any atom is -0.338 e. The number of hydrogen-bond acceptors (Lipinski definition) is 2. The maximum absolute atomic E-state index is 12.3. The monoisotopic (exact) mass is 621 g/mol. The van der Waals surface area contributed by atoms with Crippen molar-refractivity contribution in [2.75, 3.05) is 23.7 Å². The lowest BCUT2D eigenvalue weighted by Gasteiger charge is -2.10. The molecule has 2 rings (SSSR count). The third-order valence-corrected chi connectivity index (χ3v) is 8.46. The fourth-order valence-electron chi connectivity index (χ4n) is 5.63. The van der Waals surface area contributed by atoms with Gasteiger partial charge in [-0.25, -0.2) is 9.59 Å². The van der Waals surface area contributed by atoms with Crippen LogP contribution in [0.3, 0.4) is 0 Å². The lowest BCUT2D eigenvalue weighted by atomic mass is 10.0. The van der Waals surface area contributed by atoms with E-state index in [1.807, 2.05) is 48.5 Å². The molecule has 4 N–H and O–H groups in total. The van der Waals surface area contributed by atoms with E-state index in [-0.39, 0.29) is 12.1 Å². The molecule has 4 amide bonds. The molecule has 0 spiro atoms. The van der Waals surface area contributed by atoms with Crippen molar-refractivity contribution < 1.29 is 9.59 Å². The Balaban J connectivity index is 1.52. The van der Waals surface area contributed by atoms with E-state index in [1.54, 1.807) is 0 Å². The van der Waals surface area contributed by atoms with E-state index >= 15 is 0 Å². The molecule has 0 aliphatic rings. The number of anilines is 2. The van der Waals surface area contributed by atoms with Crippen LogP contribution in [0, 0.1) is 0 Å². The van der Waals surface area contributed by atoms with Crippen LogP contribution >= 0.6 is 0 Å². The zero-order valence-electron chi connectivity index (χ0n) is 28.7. The molecule has 6 nitrogen and oxygen atoms in total. The Bertz CT molecular complexity index is 925. The van der Waals surface area contributed by atoms with Gasteiger partial charge in [0.25, 0.3) is 0 Å². The molecule has 252 valence electrons. The molecule has 2 aromatic carbocycles. The third-order valence-electron chi connectivity index (χ3n) is 8.46. The Morgan fingerprint density at radius 1 is 0.422 bits per heavy atom. The van der Waals surface area contributed by atoms with Crippen molar-refractivity contribution >= 4 is 23.4 Å². The number of amides is 4. The fraction of sp³-hybridized carbons (Fsp3) is 0.641. The Morgan fingerprint density at radius 3 is 1.02 bits per heavy atom. The van der Waals surface area contributed by atoms with Gasteiger partial charge in [-0.05, 0) is 54.7 Å². The topological polar surface area (TPSA) is 82.3 Å². The van der Waals surface area contributed by atoms with Crippen molar-refractivity contribution in [1.82, 2.24) is 10.6 Å². The van der Waals surface area contributed by atoms with Crippen LogP contribution in [0.15, 0.2) is 48.5 Å². The molecular weight excluding hydrogens is 556 g/mol. The van der Waals surface area contributed by atoms with E-state index in [0.29, 0.717) is 13.1 Å². The molecule has 0 radical (unpaired) electrons. The summed E-state index contributed by atoms with van der Waals surface area (Å²) in [5.74, 6) is 0. The smallest absolute Gasteiger partial charge is 0.319 e. The second-order valence-electron chi connectivity index (χ2n) is 12.7. The van der Waals surface area contributed by atoms with Crippen molar-refractivity contribution in [3.63, 3.8) is 0 Å². The molecule has 2 aromatic rings. The van der Waals surface area contributed by atoms with Crippen LogP contribution in [0.25, 0.3) is 0 Å². The van der Waals surface area contributed by atoms with Crippen LogP contribution in [-0.4, -0.2) is 25.2 Å². The van der Waals surface area contributed by atoms with Gasteiger partial charge in [-0.3, -0.25) is 0 Å². The van der Waals surface area contributed by atoms with Gasteiger partial charge in [0.2, 0.25) is 0 Å². The lowest BCUT2D eigenvalue weighted by molar-refractivity contribution is 0.251. The Labute approximate surface area is 275 Å². The van der Waals surface area contributed by atoms with Crippen LogP contribution < -0.4 is 21.3 Å². The number of hydrogen-bond donors (Lipinski definition) is 4. The van der Waals surface area contributed by atoms with E-state index < -0.39 is 0 Å². The molecule has 0 aliphatic heterocycles. The predicted octanol–water partition coefficient (Wildman–Crippen LogP) is 11.4. The molecule has 0 saturated carbocycles. The summed E-state index contributed by atoms with van der Waals surface area (Å²) in [4.78, 5) is 24.5. The third kappa shape index (κ3) is 20.6. The highest BCUT2D eigenvalue weighted by Crippen LogP contribution is 2.17. The highest BCUT2D eigenvalue weighted by Gasteiger charge is 2.04. The first-order valence-corrected chi connectivity index (χ1v) is 18.4. The Hall–Kier alpha value is -3.02. The van der Waals surface area contributed by atoms with Crippen LogP contribution in [0.2, 0.25) is 0 Å². The summed E-state index contributed by atoms with van der Waals surface area (Å²) in [7, 11) is 0. The van der Waals surface area contributed by atoms with Gasteiger partial charge in [-0.1, -0.05) is 154 Å². The first-order valence-electron chi connectivity index (χ1n) is 18.4. The summed E-state index contributed by atoms with van der Waals surface area (Å²) in [6.45, 7) is 5.95. The number of carbonyl (C=O) groups is 2. The predicted molar refractivity (Wildman–Crippen MR) is 193 cm³/mol. The lowest BCUT2D eigenvalue weighted by Crippen LogP contribution is -2.29. The molecule has 0 aromatic heterocycles. The Morgan fingerprint density at radius 2 is 0.711 bits per heavy atom. The summed E-state index contributed by atoms with van der Waals surface area (Å²) >= 11 is 0. The van der Waals surface area contributed by atoms with Gasteiger partial charge in [0.05, 0.1) is 0 Å². The van der Waals surface area contributed by atoms with Gasteiger partial charge >= 0.3 is 12.1 Å². The van der Waals surface area contributed by atoms with Crippen LogP contribution in [0.4, 0.5) is 21.0 Å². The van der Waals surface area contributed by atoms with Crippen molar-refractivity contribution in [1.29, 1.82) is 0 Å². The standard InChI is InChI=1S/C39H64N4O2/c1-3-5-7-9-11-13-15-17-19-21-31-40-38(44)42-36-27-23-34(24-28-36)33-35-25-29-37(30-26-35)43-39(45)41-32-22-20-18-16-14-12-10-8-6-4-2/h23-30H,3-22,31-33H2,1-2H3,(H2,40,42,44)(H2,41,43,45). The van der Waals surface area contributed by atoms with Gasteiger partial charge in [-0.2, -0.15) is 0 Å². The second-order valence-corrected chi connectivity index (χ2v) is 12.7. The molecule has 0 heterocycles. The van der Waals surface area contributed by atoms with Crippen molar-refractivity contribution in [2.24, 2.45) is 0 Å². The normalized spacial score (nSPS) is 10.9. The van der Waals surface area contributed by atoms with E-state index in [0.717, 1.165) is 30.6 Å². The maximum Gasteiger partial charge on any atom is 0.319 e. The SMILES string of the molecule is CCCCCCCCCCCCNC(=O)Nc1ccc(Cc2ccc(NC(=O)NCCCCCCCCCCCC)cc2)cc1.